The van der Waals surface area contributed by atoms with Gasteiger partial charge in [-0.1, -0.05) is 41.4 Å². The van der Waals surface area contributed by atoms with Crippen molar-refractivity contribution < 1.29 is 4.79 Å². The summed E-state index contributed by atoms with van der Waals surface area (Å²) in [7, 11) is 0. The number of carbonyl (C=O) groups is 1. The number of fused-ring (bicyclic) bond motifs is 1. The number of hydrogen-bond acceptors (Lipinski definition) is 3. The van der Waals surface area contributed by atoms with E-state index in [9.17, 15) is 4.79 Å². The zero-order valence-corrected chi connectivity index (χ0v) is 15.8. The zero-order chi connectivity index (χ0) is 19.0. The van der Waals surface area contributed by atoms with E-state index < -0.39 is 0 Å². The average molecular weight is 397 g/mol. The van der Waals surface area contributed by atoms with Crippen LogP contribution >= 0.6 is 23.2 Å². The topological polar surface area (TPSA) is 59.8 Å². The lowest BCUT2D eigenvalue weighted by atomic mass is 10.2. The van der Waals surface area contributed by atoms with Crippen molar-refractivity contribution >= 4 is 45.8 Å². The zero-order valence-electron chi connectivity index (χ0n) is 14.3. The SMILES string of the molecule is Cc1nn(-c2ccccc2)c2ncc(NC(=O)c3ccc(Cl)cc3Cl)cc12. The molecule has 1 amide bonds. The van der Waals surface area contributed by atoms with Gasteiger partial charge >= 0.3 is 0 Å². The lowest BCUT2D eigenvalue weighted by Gasteiger charge is -2.07. The summed E-state index contributed by atoms with van der Waals surface area (Å²) in [6.07, 6.45) is 1.60. The average Bonchev–Trinajstić information content (AvgIpc) is 2.99. The molecule has 0 atom stereocenters. The molecule has 0 saturated heterocycles. The van der Waals surface area contributed by atoms with Crippen molar-refractivity contribution in [2.45, 2.75) is 6.92 Å². The van der Waals surface area contributed by atoms with Gasteiger partial charge in [-0.05, 0) is 43.3 Å². The van der Waals surface area contributed by atoms with Crippen LogP contribution in [0, 0.1) is 6.92 Å². The van der Waals surface area contributed by atoms with Gasteiger partial charge in [-0.2, -0.15) is 5.10 Å². The number of benzene rings is 2. The fourth-order valence-corrected chi connectivity index (χ4v) is 3.33. The smallest absolute Gasteiger partial charge is 0.257 e. The Morgan fingerprint density at radius 1 is 1.07 bits per heavy atom. The van der Waals surface area contributed by atoms with Gasteiger partial charge in [0.05, 0.1) is 33.9 Å². The highest BCUT2D eigenvalue weighted by Crippen LogP contribution is 2.25. The Morgan fingerprint density at radius 3 is 2.59 bits per heavy atom. The number of rotatable bonds is 3. The van der Waals surface area contributed by atoms with E-state index in [0.29, 0.717) is 21.3 Å². The number of carbonyl (C=O) groups excluding carboxylic acids is 1. The standard InChI is InChI=1S/C20H14Cl2N4O/c1-12-17-10-14(24-20(27)16-8-7-13(21)9-18(16)22)11-23-19(17)26(25-12)15-5-3-2-4-6-15/h2-11H,1H3,(H,24,27). The lowest BCUT2D eigenvalue weighted by Crippen LogP contribution is -2.12. The van der Waals surface area contributed by atoms with Crippen LogP contribution in [0.1, 0.15) is 16.1 Å². The molecule has 0 fully saturated rings. The molecule has 0 saturated carbocycles. The Hall–Kier alpha value is -2.89. The first-order valence-corrected chi connectivity index (χ1v) is 8.96. The third kappa shape index (κ3) is 3.39. The summed E-state index contributed by atoms with van der Waals surface area (Å²) >= 11 is 12.0. The van der Waals surface area contributed by atoms with Crippen LogP contribution in [0.15, 0.2) is 60.8 Å². The number of para-hydroxylation sites is 1. The molecule has 27 heavy (non-hydrogen) atoms. The number of nitrogens with zero attached hydrogens (tertiary/aromatic N) is 3. The van der Waals surface area contributed by atoms with Crippen molar-refractivity contribution in [2.24, 2.45) is 0 Å². The summed E-state index contributed by atoms with van der Waals surface area (Å²) in [5.74, 6) is -0.328. The van der Waals surface area contributed by atoms with Crippen LogP contribution in [-0.4, -0.2) is 20.7 Å². The van der Waals surface area contributed by atoms with Crippen molar-refractivity contribution in [1.29, 1.82) is 0 Å². The summed E-state index contributed by atoms with van der Waals surface area (Å²) in [4.78, 5) is 17.0. The third-order valence-electron chi connectivity index (χ3n) is 4.14. The number of hydrogen-bond donors (Lipinski definition) is 1. The molecule has 2 heterocycles. The highest BCUT2D eigenvalue weighted by molar-refractivity contribution is 6.37. The molecule has 1 N–H and O–H groups in total. The number of aromatic nitrogens is 3. The van der Waals surface area contributed by atoms with E-state index in [-0.39, 0.29) is 5.91 Å². The van der Waals surface area contributed by atoms with Gasteiger partial charge in [0.1, 0.15) is 0 Å². The van der Waals surface area contributed by atoms with Crippen LogP contribution in [-0.2, 0) is 0 Å². The molecule has 0 aliphatic carbocycles. The van der Waals surface area contributed by atoms with Crippen molar-refractivity contribution in [3.05, 3.63) is 82.1 Å². The van der Waals surface area contributed by atoms with Crippen LogP contribution in [0.4, 0.5) is 5.69 Å². The maximum atomic E-state index is 12.5. The predicted octanol–water partition coefficient (Wildman–Crippen LogP) is 5.29. The van der Waals surface area contributed by atoms with Gasteiger partial charge in [-0.15, -0.1) is 0 Å². The van der Waals surface area contributed by atoms with E-state index in [1.165, 1.54) is 6.07 Å². The summed E-state index contributed by atoms with van der Waals surface area (Å²) in [6.45, 7) is 1.91. The van der Waals surface area contributed by atoms with Gasteiger partial charge in [-0.25, -0.2) is 9.67 Å². The Morgan fingerprint density at radius 2 is 1.85 bits per heavy atom. The minimum atomic E-state index is -0.328. The predicted molar refractivity (Wildman–Crippen MR) is 108 cm³/mol. The summed E-state index contributed by atoms with van der Waals surface area (Å²) in [5, 5.41) is 9.02. The second-order valence-corrected chi connectivity index (χ2v) is 6.85. The van der Waals surface area contributed by atoms with Gasteiger partial charge < -0.3 is 5.32 Å². The minimum Gasteiger partial charge on any atom is -0.321 e. The van der Waals surface area contributed by atoms with Crippen LogP contribution in [0.25, 0.3) is 16.7 Å². The number of nitrogens with one attached hydrogen (secondary N) is 1. The first kappa shape index (κ1) is 17.5. The second kappa shape index (κ2) is 7.02. The third-order valence-corrected chi connectivity index (χ3v) is 4.69. The summed E-state index contributed by atoms with van der Waals surface area (Å²) in [5.41, 5.74) is 3.38. The van der Waals surface area contributed by atoms with Gasteiger partial charge in [0.2, 0.25) is 0 Å². The molecule has 0 spiro atoms. The first-order chi connectivity index (χ1) is 13.0. The van der Waals surface area contributed by atoms with E-state index >= 15 is 0 Å². The first-order valence-electron chi connectivity index (χ1n) is 8.20. The highest BCUT2D eigenvalue weighted by Gasteiger charge is 2.14. The molecule has 7 heteroatoms. The lowest BCUT2D eigenvalue weighted by molar-refractivity contribution is 0.102. The van der Waals surface area contributed by atoms with Crippen molar-refractivity contribution in [3.63, 3.8) is 0 Å². The Kier molecular flexibility index (Phi) is 4.56. The molecule has 0 bridgehead atoms. The molecule has 0 aliphatic rings. The van der Waals surface area contributed by atoms with Crippen LogP contribution < -0.4 is 5.32 Å². The molecule has 5 nitrogen and oxygen atoms in total. The highest BCUT2D eigenvalue weighted by atomic mass is 35.5. The van der Waals surface area contributed by atoms with E-state index in [4.69, 9.17) is 23.2 Å². The number of anilines is 1. The molecular weight excluding hydrogens is 383 g/mol. The molecule has 0 radical (unpaired) electrons. The Balaban J connectivity index is 1.68. The largest absolute Gasteiger partial charge is 0.321 e. The minimum absolute atomic E-state index is 0.294. The summed E-state index contributed by atoms with van der Waals surface area (Å²) < 4.78 is 1.78. The number of pyridine rings is 1. The normalized spacial score (nSPS) is 10.9. The summed E-state index contributed by atoms with van der Waals surface area (Å²) in [6, 6.07) is 16.4. The second-order valence-electron chi connectivity index (χ2n) is 6.01. The maximum Gasteiger partial charge on any atom is 0.257 e. The van der Waals surface area contributed by atoms with E-state index in [1.807, 2.05) is 43.3 Å². The van der Waals surface area contributed by atoms with Gasteiger partial charge in [0, 0.05) is 10.4 Å². The monoisotopic (exact) mass is 396 g/mol. The van der Waals surface area contributed by atoms with Crippen molar-refractivity contribution in [2.75, 3.05) is 5.32 Å². The van der Waals surface area contributed by atoms with E-state index in [2.05, 4.69) is 15.4 Å². The molecular formula is C20H14Cl2N4O. The number of aryl methyl sites for hydroxylation is 1. The van der Waals surface area contributed by atoms with Gasteiger partial charge in [0.25, 0.3) is 5.91 Å². The molecule has 2 aromatic carbocycles. The van der Waals surface area contributed by atoms with Crippen molar-refractivity contribution in [3.8, 4) is 5.69 Å². The van der Waals surface area contributed by atoms with Crippen LogP contribution in [0.2, 0.25) is 10.0 Å². The van der Waals surface area contributed by atoms with E-state index in [0.717, 1.165) is 22.4 Å². The van der Waals surface area contributed by atoms with Crippen molar-refractivity contribution in [1.82, 2.24) is 14.8 Å². The fourth-order valence-electron chi connectivity index (χ4n) is 2.83. The number of halogens is 2. The molecule has 0 unspecified atom stereocenters. The molecule has 2 aromatic heterocycles. The molecule has 0 aliphatic heterocycles. The Labute approximate surface area is 165 Å². The molecule has 4 rings (SSSR count). The maximum absolute atomic E-state index is 12.5. The Bertz CT molecular complexity index is 1160. The van der Waals surface area contributed by atoms with E-state index in [1.54, 1.807) is 23.0 Å². The molecule has 4 aromatic rings. The van der Waals surface area contributed by atoms with Crippen LogP contribution in [0.3, 0.4) is 0 Å². The quantitative estimate of drug-likeness (QED) is 0.511. The van der Waals surface area contributed by atoms with Gasteiger partial charge in [-0.3, -0.25) is 4.79 Å². The number of amides is 1. The van der Waals surface area contributed by atoms with Gasteiger partial charge in [0.15, 0.2) is 5.65 Å². The fraction of sp³-hybridized carbons (Fsp3) is 0.0500. The molecule has 134 valence electrons. The van der Waals surface area contributed by atoms with Crippen LogP contribution in [0.5, 0.6) is 0 Å².